The summed E-state index contributed by atoms with van der Waals surface area (Å²) >= 11 is 0. The van der Waals surface area contributed by atoms with Gasteiger partial charge in [-0.2, -0.15) is 5.10 Å². The average Bonchev–Trinajstić information content (AvgIpc) is 3.57. The van der Waals surface area contributed by atoms with Gasteiger partial charge in [0.05, 0.1) is 44.0 Å². The van der Waals surface area contributed by atoms with Gasteiger partial charge < -0.3 is 29.9 Å². The van der Waals surface area contributed by atoms with Crippen molar-refractivity contribution in [2.75, 3.05) is 20.3 Å². The van der Waals surface area contributed by atoms with Crippen LogP contribution in [0.15, 0.2) is 48.7 Å². The highest BCUT2D eigenvalue weighted by molar-refractivity contribution is 5.88. The quantitative estimate of drug-likeness (QED) is 0.209. The number of hydrogen-bond donors (Lipinski definition) is 4. The lowest BCUT2D eigenvalue weighted by atomic mass is 9.96. The SMILES string of the molecule is COc1ccc(CN(Cc2ccccn2)CC2CCCO2)cc1Cn1nc(C)cc1C.O=C(O)CC(O)(CC(=O)O)C(=O)O. The van der Waals surface area contributed by atoms with Crippen molar-refractivity contribution in [2.24, 2.45) is 0 Å². The minimum Gasteiger partial charge on any atom is -0.496 e. The van der Waals surface area contributed by atoms with Crippen molar-refractivity contribution in [3.8, 4) is 5.75 Å². The number of pyridine rings is 1. The topological polar surface area (TPSA) is 185 Å². The second-order valence-electron chi connectivity index (χ2n) is 10.8. The molecule has 0 amide bonds. The monoisotopic (exact) mass is 612 g/mol. The van der Waals surface area contributed by atoms with E-state index in [2.05, 4.69) is 52.2 Å². The van der Waals surface area contributed by atoms with Crippen LogP contribution in [0.1, 0.15) is 53.9 Å². The standard InChI is InChI=1S/C25H32N4O2.C6H8O7/c1-19-13-20(2)29(27-19)16-22-14-21(9-10-25(22)30-3)15-28(18-24-8-6-12-31-24)17-23-7-4-5-11-26-23;7-3(8)1-6(13,5(11)12)2-4(9)10/h4-5,7,9-11,13-14,24H,6,8,12,15-18H2,1-3H3;13H,1-2H2,(H,7,8)(H,9,10)(H,11,12). The molecule has 0 saturated carbocycles. The molecule has 0 spiro atoms. The Morgan fingerprint density at radius 1 is 1.07 bits per heavy atom. The molecule has 3 aromatic rings. The number of methoxy groups -OCH3 is 1. The van der Waals surface area contributed by atoms with Crippen molar-refractivity contribution in [3.05, 3.63) is 76.9 Å². The molecule has 1 aromatic carbocycles. The van der Waals surface area contributed by atoms with Crippen LogP contribution >= 0.6 is 0 Å². The van der Waals surface area contributed by atoms with Crippen LogP contribution in [-0.2, 0) is 38.8 Å². The van der Waals surface area contributed by atoms with Crippen LogP contribution in [0.3, 0.4) is 0 Å². The third kappa shape index (κ3) is 10.4. The molecular formula is C31H40N4O9. The first-order valence-electron chi connectivity index (χ1n) is 14.2. The third-order valence-corrected chi connectivity index (χ3v) is 7.06. The Balaban J connectivity index is 0.000000345. The molecule has 1 fully saturated rings. The summed E-state index contributed by atoms with van der Waals surface area (Å²) in [6.07, 6.45) is 2.15. The molecule has 3 heterocycles. The van der Waals surface area contributed by atoms with Gasteiger partial charge in [0.2, 0.25) is 0 Å². The number of nitrogens with zero attached hydrogens (tertiary/aromatic N) is 4. The maximum absolute atomic E-state index is 10.3. The van der Waals surface area contributed by atoms with Crippen molar-refractivity contribution in [2.45, 2.75) is 70.9 Å². The van der Waals surface area contributed by atoms with Crippen LogP contribution in [-0.4, -0.2) is 90.0 Å². The summed E-state index contributed by atoms with van der Waals surface area (Å²) < 4.78 is 13.6. The highest BCUT2D eigenvalue weighted by atomic mass is 16.5. The van der Waals surface area contributed by atoms with E-state index in [9.17, 15) is 14.4 Å². The number of hydrogen-bond acceptors (Lipinski definition) is 9. The number of carboxylic acid groups (broad SMARTS) is 3. The number of ether oxygens (including phenoxy) is 2. The highest BCUT2D eigenvalue weighted by Crippen LogP contribution is 2.24. The Labute approximate surface area is 255 Å². The molecule has 1 saturated heterocycles. The van der Waals surface area contributed by atoms with Crippen LogP contribution in [0.25, 0.3) is 0 Å². The zero-order valence-electron chi connectivity index (χ0n) is 25.2. The number of aliphatic hydroxyl groups is 1. The molecule has 0 aliphatic carbocycles. The smallest absolute Gasteiger partial charge is 0.336 e. The molecule has 0 bridgehead atoms. The lowest BCUT2D eigenvalue weighted by Gasteiger charge is -2.25. The summed E-state index contributed by atoms with van der Waals surface area (Å²) in [5.74, 6) is -4.12. The fourth-order valence-corrected chi connectivity index (χ4v) is 5.00. The Kier molecular flexibility index (Phi) is 12.4. The number of aliphatic carboxylic acids is 3. The Hall–Kier alpha value is -4.33. The van der Waals surface area contributed by atoms with Gasteiger partial charge in [0.1, 0.15) is 5.75 Å². The molecule has 0 radical (unpaired) electrons. The molecular weight excluding hydrogens is 572 g/mol. The lowest BCUT2D eigenvalue weighted by Crippen LogP contribution is -2.42. The van der Waals surface area contributed by atoms with Crippen LogP contribution in [0, 0.1) is 13.8 Å². The lowest BCUT2D eigenvalue weighted by molar-refractivity contribution is -0.170. The predicted octanol–water partition coefficient (Wildman–Crippen LogP) is 2.88. The van der Waals surface area contributed by atoms with Gasteiger partial charge in [-0.3, -0.25) is 24.2 Å². The third-order valence-electron chi connectivity index (χ3n) is 7.06. The molecule has 1 aliphatic heterocycles. The molecule has 13 heteroatoms. The van der Waals surface area contributed by atoms with Gasteiger partial charge in [-0.25, -0.2) is 4.79 Å². The maximum atomic E-state index is 10.3. The van der Waals surface area contributed by atoms with E-state index in [1.165, 1.54) is 5.56 Å². The van der Waals surface area contributed by atoms with E-state index < -0.39 is 36.4 Å². The fourth-order valence-electron chi connectivity index (χ4n) is 5.00. The van der Waals surface area contributed by atoms with E-state index >= 15 is 0 Å². The zero-order chi connectivity index (χ0) is 32.3. The molecule has 238 valence electrons. The average molecular weight is 613 g/mol. The van der Waals surface area contributed by atoms with E-state index in [0.717, 1.165) is 67.5 Å². The van der Waals surface area contributed by atoms with Crippen molar-refractivity contribution in [3.63, 3.8) is 0 Å². The number of benzene rings is 1. The summed E-state index contributed by atoms with van der Waals surface area (Å²) in [4.78, 5) is 37.5. The molecule has 13 nitrogen and oxygen atoms in total. The molecule has 2 aromatic heterocycles. The van der Waals surface area contributed by atoms with E-state index in [1.807, 2.05) is 29.9 Å². The molecule has 1 unspecified atom stereocenters. The van der Waals surface area contributed by atoms with Gasteiger partial charge in [-0.1, -0.05) is 12.1 Å². The normalized spacial score (nSPS) is 14.6. The first kappa shape index (κ1) is 34.2. The van der Waals surface area contributed by atoms with Crippen molar-refractivity contribution < 1.29 is 44.3 Å². The molecule has 1 aliphatic rings. The first-order valence-corrected chi connectivity index (χ1v) is 14.2. The van der Waals surface area contributed by atoms with Crippen LogP contribution in [0.2, 0.25) is 0 Å². The van der Waals surface area contributed by atoms with Gasteiger partial charge in [0, 0.05) is 43.7 Å². The van der Waals surface area contributed by atoms with Crippen LogP contribution < -0.4 is 4.74 Å². The maximum Gasteiger partial charge on any atom is 0.336 e. The van der Waals surface area contributed by atoms with Crippen LogP contribution in [0.4, 0.5) is 0 Å². The number of rotatable bonds is 14. The summed E-state index contributed by atoms with van der Waals surface area (Å²) in [6, 6.07) is 14.7. The minimum absolute atomic E-state index is 0.302. The number of aromatic nitrogens is 3. The molecule has 4 N–H and O–H groups in total. The van der Waals surface area contributed by atoms with E-state index in [-0.39, 0.29) is 0 Å². The number of aryl methyl sites for hydroxylation is 2. The summed E-state index contributed by atoms with van der Waals surface area (Å²) in [5.41, 5.74) is 2.92. The van der Waals surface area contributed by atoms with Crippen molar-refractivity contribution in [1.82, 2.24) is 19.7 Å². The van der Waals surface area contributed by atoms with Gasteiger partial charge in [0.15, 0.2) is 5.60 Å². The zero-order valence-corrected chi connectivity index (χ0v) is 25.2. The second-order valence-corrected chi connectivity index (χ2v) is 10.8. The van der Waals surface area contributed by atoms with Crippen molar-refractivity contribution in [1.29, 1.82) is 0 Å². The van der Waals surface area contributed by atoms with E-state index in [1.54, 1.807) is 7.11 Å². The minimum atomic E-state index is -2.74. The first-order chi connectivity index (χ1) is 20.9. The Bertz CT molecular complexity index is 1390. The highest BCUT2D eigenvalue weighted by Gasteiger charge is 2.40. The number of carboxylic acids is 3. The summed E-state index contributed by atoms with van der Waals surface area (Å²) in [6.45, 7) is 8.24. The molecule has 44 heavy (non-hydrogen) atoms. The number of carbonyl (C=O) groups is 3. The second kappa shape index (κ2) is 15.9. The van der Waals surface area contributed by atoms with Crippen molar-refractivity contribution >= 4 is 17.9 Å². The van der Waals surface area contributed by atoms with Gasteiger partial charge in [-0.15, -0.1) is 0 Å². The van der Waals surface area contributed by atoms with E-state index in [0.29, 0.717) is 12.6 Å². The largest absolute Gasteiger partial charge is 0.496 e. The predicted molar refractivity (Wildman–Crippen MR) is 158 cm³/mol. The summed E-state index contributed by atoms with van der Waals surface area (Å²) in [5, 5.41) is 38.4. The molecule has 4 rings (SSSR count). The fraction of sp³-hybridized carbons (Fsp3) is 0.452. The molecule has 1 atom stereocenters. The van der Waals surface area contributed by atoms with Crippen LogP contribution in [0.5, 0.6) is 5.75 Å². The van der Waals surface area contributed by atoms with Gasteiger partial charge in [-0.05, 0) is 62.6 Å². The summed E-state index contributed by atoms with van der Waals surface area (Å²) in [7, 11) is 1.73. The Morgan fingerprint density at radius 2 is 1.80 bits per heavy atom. The van der Waals surface area contributed by atoms with Gasteiger partial charge >= 0.3 is 17.9 Å². The van der Waals surface area contributed by atoms with E-state index in [4.69, 9.17) is 29.9 Å². The Morgan fingerprint density at radius 3 is 2.32 bits per heavy atom. The van der Waals surface area contributed by atoms with Gasteiger partial charge in [0.25, 0.3) is 0 Å².